The first-order valence-electron chi connectivity index (χ1n) is 7.74. The van der Waals surface area contributed by atoms with Gasteiger partial charge in [-0.25, -0.2) is 0 Å². The lowest BCUT2D eigenvalue weighted by Crippen LogP contribution is -2.44. The Morgan fingerprint density at radius 2 is 2.00 bits per heavy atom. The quantitative estimate of drug-likeness (QED) is 0.825. The lowest BCUT2D eigenvalue weighted by atomic mass is 10.1. The highest BCUT2D eigenvalue weighted by atomic mass is 16.5. The average Bonchev–Trinajstić information content (AvgIpc) is 3.31. The van der Waals surface area contributed by atoms with Gasteiger partial charge in [-0.05, 0) is 37.2 Å². The molecule has 1 aromatic rings. The van der Waals surface area contributed by atoms with Gasteiger partial charge in [0, 0.05) is 19.7 Å². The Morgan fingerprint density at radius 3 is 2.75 bits per heavy atom. The third-order valence-corrected chi connectivity index (χ3v) is 4.19. The minimum atomic E-state index is 0.232. The topological polar surface area (TPSA) is 29.5 Å². The van der Waals surface area contributed by atoms with Gasteiger partial charge in [0.1, 0.15) is 0 Å². The summed E-state index contributed by atoms with van der Waals surface area (Å²) in [6.45, 7) is 2.55. The molecule has 2 aliphatic rings. The molecule has 0 radical (unpaired) electrons. The van der Waals surface area contributed by atoms with Gasteiger partial charge >= 0.3 is 0 Å². The molecule has 1 aromatic carbocycles. The second-order valence-electron chi connectivity index (χ2n) is 6.04. The van der Waals surface area contributed by atoms with Gasteiger partial charge < -0.3 is 9.64 Å². The minimum absolute atomic E-state index is 0.232. The minimum Gasteiger partial charge on any atom is -0.376 e. The van der Waals surface area contributed by atoms with E-state index in [-0.39, 0.29) is 12.0 Å². The van der Waals surface area contributed by atoms with Gasteiger partial charge in [0.15, 0.2) is 0 Å². The molecular weight excluding hydrogens is 250 g/mol. The highest BCUT2D eigenvalue weighted by molar-refractivity contribution is 5.78. The number of nitrogens with zero attached hydrogens (tertiary/aromatic N) is 1. The number of carbonyl (C=O) groups is 1. The zero-order valence-electron chi connectivity index (χ0n) is 12.0. The Morgan fingerprint density at radius 1 is 1.20 bits per heavy atom. The lowest BCUT2D eigenvalue weighted by molar-refractivity contribution is -0.134. The van der Waals surface area contributed by atoms with Crippen LogP contribution in [0, 0.1) is 5.92 Å². The number of rotatable bonds is 5. The highest BCUT2D eigenvalue weighted by Gasteiger charge is 2.27. The summed E-state index contributed by atoms with van der Waals surface area (Å²) in [4.78, 5) is 14.3. The molecule has 3 rings (SSSR count). The molecular formula is C17H23NO2. The summed E-state index contributed by atoms with van der Waals surface area (Å²) in [6.07, 6.45) is 5.57. The largest absolute Gasteiger partial charge is 0.376 e. The molecule has 1 saturated heterocycles. The molecule has 108 valence electrons. The van der Waals surface area contributed by atoms with Gasteiger partial charge in [-0.15, -0.1) is 0 Å². The first-order valence-corrected chi connectivity index (χ1v) is 7.74. The number of likely N-dealkylation sites (tertiary alicyclic amines) is 1. The molecule has 1 amide bonds. The monoisotopic (exact) mass is 273 g/mol. The van der Waals surface area contributed by atoms with Crippen molar-refractivity contribution in [3.05, 3.63) is 35.9 Å². The Balaban J connectivity index is 1.49. The van der Waals surface area contributed by atoms with Crippen molar-refractivity contribution in [2.24, 2.45) is 5.92 Å². The molecule has 1 unspecified atom stereocenters. The molecule has 20 heavy (non-hydrogen) atoms. The van der Waals surface area contributed by atoms with E-state index in [1.54, 1.807) is 0 Å². The Kier molecular flexibility index (Phi) is 4.36. The molecule has 2 fully saturated rings. The number of piperidine rings is 1. The second kappa shape index (κ2) is 6.40. The Labute approximate surface area is 120 Å². The number of hydrogen-bond acceptors (Lipinski definition) is 2. The number of amides is 1. The van der Waals surface area contributed by atoms with Crippen molar-refractivity contribution in [2.75, 3.05) is 19.7 Å². The summed E-state index contributed by atoms with van der Waals surface area (Å²) >= 11 is 0. The maximum atomic E-state index is 12.3. The van der Waals surface area contributed by atoms with Crippen molar-refractivity contribution >= 4 is 5.91 Å². The van der Waals surface area contributed by atoms with E-state index in [1.165, 1.54) is 12.8 Å². The molecule has 0 aromatic heterocycles. The molecule has 3 nitrogen and oxygen atoms in total. The first kappa shape index (κ1) is 13.6. The third-order valence-electron chi connectivity index (χ3n) is 4.19. The molecule has 3 heteroatoms. The number of carbonyl (C=O) groups excluding carboxylic acids is 1. The molecule has 1 heterocycles. The predicted molar refractivity (Wildman–Crippen MR) is 78.4 cm³/mol. The zero-order valence-corrected chi connectivity index (χ0v) is 12.0. The summed E-state index contributed by atoms with van der Waals surface area (Å²) in [6, 6.07) is 9.99. The van der Waals surface area contributed by atoms with Crippen molar-refractivity contribution in [1.29, 1.82) is 0 Å². The van der Waals surface area contributed by atoms with Gasteiger partial charge in [-0.1, -0.05) is 30.3 Å². The van der Waals surface area contributed by atoms with Crippen LogP contribution >= 0.6 is 0 Å². The van der Waals surface area contributed by atoms with E-state index in [0.717, 1.165) is 44.0 Å². The van der Waals surface area contributed by atoms with Crippen LogP contribution in [0.2, 0.25) is 0 Å². The van der Waals surface area contributed by atoms with Crippen LogP contribution in [0.1, 0.15) is 31.2 Å². The molecule has 1 atom stereocenters. The maximum Gasteiger partial charge on any atom is 0.227 e. The van der Waals surface area contributed by atoms with Gasteiger partial charge in [-0.3, -0.25) is 4.79 Å². The molecule has 1 aliphatic heterocycles. The fourth-order valence-corrected chi connectivity index (χ4v) is 2.74. The first-order chi connectivity index (χ1) is 9.81. The Bertz CT molecular complexity index is 442. The van der Waals surface area contributed by atoms with Crippen LogP contribution in [0.15, 0.2) is 30.3 Å². The number of hydrogen-bond donors (Lipinski definition) is 0. The van der Waals surface area contributed by atoms with E-state index in [0.29, 0.717) is 6.42 Å². The highest BCUT2D eigenvalue weighted by Crippen LogP contribution is 2.30. The van der Waals surface area contributed by atoms with Crippen LogP contribution in [0.25, 0.3) is 0 Å². The van der Waals surface area contributed by atoms with Gasteiger partial charge in [0.05, 0.1) is 12.5 Å². The van der Waals surface area contributed by atoms with Crippen molar-refractivity contribution in [1.82, 2.24) is 4.90 Å². The standard InChI is InChI=1S/C17H23NO2/c19-17(11-14-5-2-1-3-6-14)18-10-4-7-16(12-18)20-13-15-8-9-15/h1-3,5-6,15-16H,4,7-13H2. The van der Waals surface area contributed by atoms with Gasteiger partial charge in [0.2, 0.25) is 5.91 Å². The van der Waals surface area contributed by atoms with E-state index >= 15 is 0 Å². The van der Waals surface area contributed by atoms with Crippen molar-refractivity contribution in [3.63, 3.8) is 0 Å². The average molecular weight is 273 g/mol. The van der Waals surface area contributed by atoms with Crippen molar-refractivity contribution in [2.45, 2.75) is 38.2 Å². The molecule has 1 aliphatic carbocycles. The number of benzene rings is 1. The fourth-order valence-electron chi connectivity index (χ4n) is 2.74. The van der Waals surface area contributed by atoms with E-state index in [4.69, 9.17) is 4.74 Å². The summed E-state index contributed by atoms with van der Waals surface area (Å²) < 4.78 is 5.94. The fraction of sp³-hybridized carbons (Fsp3) is 0.588. The molecule has 0 spiro atoms. The maximum absolute atomic E-state index is 12.3. The van der Waals surface area contributed by atoms with Crippen molar-refractivity contribution < 1.29 is 9.53 Å². The van der Waals surface area contributed by atoms with Crippen LogP contribution in [-0.4, -0.2) is 36.6 Å². The van der Waals surface area contributed by atoms with E-state index in [9.17, 15) is 4.79 Å². The summed E-state index contributed by atoms with van der Waals surface area (Å²) in [5.74, 6) is 1.03. The summed E-state index contributed by atoms with van der Waals surface area (Å²) in [7, 11) is 0. The van der Waals surface area contributed by atoms with Crippen molar-refractivity contribution in [3.8, 4) is 0 Å². The smallest absolute Gasteiger partial charge is 0.227 e. The number of ether oxygens (including phenoxy) is 1. The summed E-state index contributed by atoms with van der Waals surface area (Å²) in [5, 5.41) is 0. The molecule has 1 saturated carbocycles. The van der Waals surface area contributed by atoms with Crippen LogP contribution < -0.4 is 0 Å². The third kappa shape index (κ3) is 3.83. The van der Waals surface area contributed by atoms with E-state index < -0.39 is 0 Å². The summed E-state index contributed by atoms with van der Waals surface area (Å²) in [5.41, 5.74) is 1.10. The van der Waals surface area contributed by atoms with Gasteiger partial charge in [0.25, 0.3) is 0 Å². The van der Waals surface area contributed by atoms with Crippen LogP contribution in [0.5, 0.6) is 0 Å². The lowest BCUT2D eigenvalue weighted by Gasteiger charge is -2.32. The molecule has 0 N–H and O–H groups in total. The van der Waals surface area contributed by atoms with Gasteiger partial charge in [-0.2, -0.15) is 0 Å². The predicted octanol–water partition coefficient (Wildman–Crippen LogP) is 2.65. The van der Waals surface area contributed by atoms with E-state index in [1.807, 2.05) is 35.2 Å². The zero-order chi connectivity index (χ0) is 13.8. The Hall–Kier alpha value is -1.35. The molecule has 0 bridgehead atoms. The SMILES string of the molecule is O=C(Cc1ccccc1)N1CCCC(OCC2CC2)C1. The van der Waals surface area contributed by atoms with Crippen LogP contribution in [0.4, 0.5) is 0 Å². The normalized spacial score (nSPS) is 22.8. The van der Waals surface area contributed by atoms with Crippen LogP contribution in [0.3, 0.4) is 0 Å². The van der Waals surface area contributed by atoms with Crippen LogP contribution in [-0.2, 0) is 16.0 Å². The second-order valence-corrected chi connectivity index (χ2v) is 6.04. The van der Waals surface area contributed by atoms with E-state index in [2.05, 4.69) is 0 Å².